The minimum Gasteiger partial charge on any atom is -0.426 e. The van der Waals surface area contributed by atoms with E-state index in [0.717, 1.165) is 16.7 Å². The Morgan fingerprint density at radius 1 is 1.05 bits per heavy atom. The van der Waals surface area contributed by atoms with E-state index in [1.807, 2.05) is 6.07 Å². The van der Waals surface area contributed by atoms with Crippen LogP contribution < -0.4 is 10.3 Å². The van der Waals surface area contributed by atoms with Gasteiger partial charge >= 0.3 is 8.60 Å². The van der Waals surface area contributed by atoms with Crippen molar-refractivity contribution in [1.82, 2.24) is 0 Å². The highest BCUT2D eigenvalue weighted by atomic mass is 31.2. The molecule has 0 radical (unpaired) electrons. The Morgan fingerprint density at radius 3 is 1.95 bits per heavy atom. The van der Waals surface area contributed by atoms with Gasteiger partial charge in [-0.3, -0.25) is 0 Å². The van der Waals surface area contributed by atoms with Crippen molar-refractivity contribution in [1.29, 1.82) is 0 Å². The van der Waals surface area contributed by atoms with E-state index in [1.54, 1.807) is 0 Å². The molecule has 1 aromatic carbocycles. The predicted molar refractivity (Wildman–Crippen MR) is 83.7 cm³/mol. The van der Waals surface area contributed by atoms with Gasteiger partial charge in [-0.25, -0.2) is 0 Å². The molecule has 4 N–H and O–H groups in total. The summed E-state index contributed by atoms with van der Waals surface area (Å²) in [6.07, 6.45) is 0. The van der Waals surface area contributed by atoms with Gasteiger partial charge in [-0.1, -0.05) is 53.7 Å². The van der Waals surface area contributed by atoms with Crippen molar-refractivity contribution >= 4 is 8.60 Å². The molecule has 1 aromatic rings. The molecule has 114 valence electrons. The lowest BCUT2D eigenvalue weighted by Gasteiger charge is -2.29. The molecule has 0 aromatic heterocycles. The monoisotopic (exact) mass is 299 g/mol. The summed E-state index contributed by atoms with van der Waals surface area (Å²) in [6.45, 7) is 12.9. The molecule has 0 amide bonds. The molecule has 0 heterocycles. The summed E-state index contributed by atoms with van der Waals surface area (Å²) in [6, 6.07) is 4.07. The lowest BCUT2D eigenvalue weighted by molar-refractivity contribution is 0.367. The molecule has 0 unspecified atom stereocenters. The van der Waals surface area contributed by atoms with Gasteiger partial charge in [-0.2, -0.15) is 0 Å². The van der Waals surface area contributed by atoms with Gasteiger partial charge in [0.25, 0.3) is 0 Å². The topological polar surface area (TPSA) is 75.7 Å². The number of nitrogens with two attached hydrogens (primary N) is 1. The molecule has 0 aliphatic rings. The van der Waals surface area contributed by atoms with Crippen molar-refractivity contribution in [3.63, 3.8) is 0 Å². The molecule has 0 atom stereocenters. The van der Waals surface area contributed by atoms with Crippen molar-refractivity contribution in [2.45, 2.75) is 58.9 Å². The van der Waals surface area contributed by atoms with Crippen molar-refractivity contribution in [2.24, 2.45) is 5.73 Å². The molecule has 20 heavy (non-hydrogen) atoms. The summed E-state index contributed by atoms with van der Waals surface area (Å²) >= 11 is 0. The van der Waals surface area contributed by atoms with Crippen molar-refractivity contribution in [3.8, 4) is 5.75 Å². The highest BCUT2D eigenvalue weighted by Gasteiger charge is 2.26. The molecule has 0 saturated heterocycles. The van der Waals surface area contributed by atoms with Crippen LogP contribution in [-0.2, 0) is 17.4 Å². The van der Waals surface area contributed by atoms with Crippen molar-refractivity contribution in [2.75, 3.05) is 0 Å². The van der Waals surface area contributed by atoms with E-state index in [4.69, 9.17) is 10.3 Å². The first kappa shape index (κ1) is 17.4. The van der Waals surface area contributed by atoms with Gasteiger partial charge < -0.3 is 20.0 Å². The average Bonchev–Trinajstić information content (AvgIpc) is 2.25. The molecule has 0 fully saturated rings. The van der Waals surface area contributed by atoms with E-state index in [2.05, 4.69) is 47.6 Å². The minimum absolute atomic E-state index is 0.00832. The largest absolute Gasteiger partial charge is 0.426 e. The smallest absolute Gasteiger partial charge is 0.391 e. The zero-order valence-electron chi connectivity index (χ0n) is 13.2. The van der Waals surface area contributed by atoms with Gasteiger partial charge in [0.2, 0.25) is 0 Å². The SMILES string of the molecule is CC(C)(C)c1cc(CN)c(OP(O)O)c(C(C)(C)C)c1. The van der Waals surface area contributed by atoms with Gasteiger partial charge in [0, 0.05) is 17.7 Å². The van der Waals surface area contributed by atoms with Crippen LogP contribution in [0.4, 0.5) is 0 Å². The molecule has 0 saturated carbocycles. The average molecular weight is 299 g/mol. The third kappa shape index (κ3) is 4.16. The zero-order chi connectivity index (χ0) is 15.7. The van der Waals surface area contributed by atoms with Gasteiger partial charge in [-0.15, -0.1) is 0 Å². The number of rotatable bonds is 3. The Balaban J connectivity index is 3.56. The fourth-order valence-electron chi connectivity index (χ4n) is 2.02. The van der Waals surface area contributed by atoms with E-state index < -0.39 is 8.60 Å². The summed E-state index contributed by atoms with van der Waals surface area (Å²) in [7, 11) is -2.46. The molecule has 0 bridgehead atoms. The molecule has 1 rings (SSSR count). The molecule has 4 nitrogen and oxygen atoms in total. The van der Waals surface area contributed by atoms with Crippen LogP contribution in [0.15, 0.2) is 12.1 Å². The van der Waals surface area contributed by atoms with Crippen LogP contribution >= 0.6 is 8.60 Å². The first-order chi connectivity index (χ1) is 8.96. The van der Waals surface area contributed by atoms with Crippen LogP contribution in [0.2, 0.25) is 0 Å². The molecular formula is C15H26NO3P. The molecule has 0 spiro atoms. The third-order valence-corrected chi connectivity index (χ3v) is 3.58. The maximum absolute atomic E-state index is 9.20. The Bertz CT molecular complexity index is 473. The Morgan fingerprint density at radius 2 is 1.60 bits per heavy atom. The summed E-state index contributed by atoms with van der Waals surface area (Å²) in [5, 5.41) is 0. The van der Waals surface area contributed by atoms with Gasteiger partial charge in [0.05, 0.1) is 0 Å². The molecular weight excluding hydrogens is 273 g/mol. The van der Waals surface area contributed by atoms with Gasteiger partial charge in [0.1, 0.15) is 5.75 Å². The minimum atomic E-state index is -2.46. The Labute approximate surface area is 123 Å². The summed E-state index contributed by atoms with van der Waals surface area (Å²) < 4.78 is 5.26. The van der Waals surface area contributed by atoms with Crippen LogP contribution in [0.5, 0.6) is 5.75 Å². The second kappa shape index (κ2) is 5.98. The standard InChI is InChI=1S/C15H26NO3P/c1-14(2,3)11-7-10(9-16)13(19-20(17)18)12(8-11)15(4,5)6/h7-8,17-18H,9,16H2,1-6H3. The first-order valence-electron chi connectivity index (χ1n) is 6.70. The second-order valence-electron chi connectivity index (χ2n) is 7.06. The summed E-state index contributed by atoms with van der Waals surface area (Å²) in [4.78, 5) is 18.4. The Hall–Kier alpha value is -0.670. The van der Waals surface area contributed by atoms with E-state index >= 15 is 0 Å². The summed E-state index contributed by atoms with van der Waals surface area (Å²) in [5.74, 6) is 0.504. The first-order valence-corrected chi connectivity index (χ1v) is 7.87. The fourth-order valence-corrected chi connectivity index (χ4v) is 2.40. The number of hydrogen-bond donors (Lipinski definition) is 3. The maximum atomic E-state index is 9.20. The highest BCUT2D eigenvalue weighted by Crippen LogP contribution is 2.42. The predicted octanol–water partition coefficient (Wildman–Crippen LogP) is 3.33. The van der Waals surface area contributed by atoms with Crippen LogP contribution in [-0.4, -0.2) is 9.79 Å². The van der Waals surface area contributed by atoms with E-state index in [1.165, 1.54) is 0 Å². The fraction of sp³-hybridized carbons (Fsp3) is 0.600. The van der Waals surface area contributed by atoms with E-state index in [-0.39, 0.29) is 10.8 Å². The summed E-state index contributed by atoms with van der Waals surface area (Å²) in [5.41, 5.74) is 8.54. The van der Waals surface area contributed by atoms with E-state index in [0.29, 0.717) is 12.3 Å². The Kier molecular flexibility index (Phi) is 5.20. The van der Waals surface area contributed by atoms with Crippen LogP contribution in [0.25, 0.3) is 0 Å². The van der Waals surface area contributed by atoms with E-state index in [9.17, 15) is 9.79 Å². The van der Waals surface area contributed by atoms with Crippen LogP contribution in [0, 0.1) is 0 Å². The van der Waals surface area contributed by atoms with Crippen molar-refractivity contribution < 1.29 is 14.3 Å². The van der Waals surface area contributed by atoms with Gasteiger partial charge in [-0.05, 0) is 16.4 Å². The lowest BCUT2D eigenvalue weighted by Crippen LogP contribution is -2.19. The lowest BCUT2D eigenvalue weighted by atomic mass is 9.79. The third-order valence-electron chi connectivity index (χ3n) is 3.23. The molecule has 5 heteroatoms. The number of hydrogen-bond acceptors (Lipinski definition) is 4. The quantitative estimate of drug-likeness (QED) is 0.748. The normalized spacial score (nSPS) is 12.9. The van der Waals surface area contributed by atoms with Crippen molar-refractivity contribution in [3.05, 3.63) is 28.8 Å². The maximum Gasteiger partial charge on any atom is 0.391 e. The van der Waals surface area contributed by atoms with Crippen LogP contribution in [0.3, 0.4) is 0 Å². The molecule has 0 aliphatic carbocycles. The highest BCUT2D eigenvalue weighted by molar-refractivity contribution is 7.39. The zero-order valence-corrected chi connectivity index (χ0v) is 14.1. The molecule has 0 aliphatic heterocycles. The van der Waals surface area contributed by atoms with Crippen LogP contribution in [0.1, 0.15) is 58.2 Å². The van der Waals surface area contributed by atoms with Gasteiger partial charge in [0.15, 0.2) is 0 Å². The second-order valence-corrected chi connectivity index (χ2v) is 7.75. The number of benzene rings is 1.